The molecule has 0 aromatic heterocycles. The van der Waals surface area contributed by atoms with Crippen molar-refractivity contribution in [2.45, 2.75) is 95.0 Å². The monoisotopic (exact) mass is 422 g/mol. The minimum Gasteiger partial charge on any atom is -0.390 e. The van der Waals surface area contributed by atoms with E-state index in [-0.39, 0.29) is 19.3 Å². The van der Waals surface area contributed by atoms with Crippen LogP contribution in [0, 0.1) is 39.4 Å². The number of aliphatic hydroxyl groups is 1. The number of alkyl halides is 6. The van der Waals surface area contributed by atoms with Crippen LogP contribution in [0.2, 0.25) is 0 Å². The summed E-state index contributed by atoms with van der Waals surface area (Å²) in [6.45, 7) is 0. The molecule has 0 radical (unpaired) electrons. The molecule has 7 heteroatoms. The van der Waals surface area contributed by atoms with Gasteiger partial charge >= 0.3 is 12.4 Å². The highest BCUT2D eigenvalue weighted by Crippen LogP contribution is 2.83. The first-order valence-electron chi connectivity index (χ1n) is 11.1. The van der Waals surface area contributed by atoms with Gasteiger partial charge in [0.1, 0.15) is 0 Å². The van der Waals surface area contributed by atoms with Gasteiger partial charge in [-0.25, -0.2) is 0 Å². The number of rotatable bonds is 1. The van der Waals surface area contributed by atoms with Crippen LogP contribution in [0.15, 0.2) is 0 Å². The van der Waals surface area contributed by atoms with Gasteiger partial charge in [-0.2, -0.15) is 26.3 Å². The van der Waals surface area contributed by atoms with Crippen LogP contribution >= 0.6 is 0 Å². The van der Waals surface area contributed by atoms with Crippen LogP contribution in [-0.4, -0.2) is 23.1 Å². The Morgan fingerprint density at radius 3 is 1.34 bits per heavy atom. The van der Waals surface area contributed by atoms with Crippen molar-refractivity contribution in [2.24, 2.45) is 39.4 Å². The van der Waals surface area contributed by atoms with Crippen LogP contribution in [0.5, 0.6) is 0 Å². The van der Waals surface area contributed by atoms with E-state index in [0.29, 0.717) is 17.8 Å². The molecule has 1 nitrogen and oxygen atoms in total. The zero-order valence-corrected chi connectivity index (χ0v) is 16.4. The van der Waals surface area contributed by atoms with Gasteiger partial charge < -0.3 is 5.11 Å². The summed E-state index contributed by atoms with van der Waals surface area (Å²) in [7, 11) is 0. The summed E-state index contributed by atoms with van der Waals surface area (Å²) in [6, 6.07) is 0. The molecule has 8 aliphatic carbocycles. The summed E-state index contributed by atoms with van der Waals surface area (Å²) in [4.78, 5) is 0. The highest BCUT2D eigenvalue weighted by atomic mass is 19.4. The first-order valence-corrected chi connectivity index (χ1v) is 11.1. The topological polar surface area (TPSA) is 20.2 Å². The molecule has 29 heavy (non-hydrogen) atoms. The molecule has 8 bridgehead atoms. The lowest BCUT2D eigenvalue weighted by molar-refractivity contribution is -0.394. The minimum absolute atomic E-state index is 0.141. The summed E-state index contributed by atoms with van der Waals surface area (Å²) < 4.78 is 86.3. The van der Waals surface area contributed by atoms with Gasteiger partial charge in [-0.15, -0.1) is 0 Å². The van der Waals surface area contributed by atoms with E-state index in [2.05, 4.69) is 0 Å². The molecule has 0 spiro atoms. The van der Waals surface area contributed by atoms with Crippen LogP contribution < -0.4 is 0 Å². The highest BCUT2D eigenvalue weighted by molar-refractivity contribution is 5.26. The van der Waals surface area contributed by atoms with Gasteiger partial charge in [0.2, 0.25) is 0 Å². The van der Waals surface area contributed by atoms with E-state index >= 15 is 0 Å². The molecule has 0 saturated heterocycles. The SMILES string of the molecule is OC12CC3(C(F)(F)F)CC(C(F)(F)F)(C1)CC(C14CC5CC(CC(C5)C1)C4)(C2)C3. The number of hydrogen-bond donors (Lipinski definition) is 1. The first-order chi connectivity index (χ1) is 13.2. The predicted molar refractivity (Wildman–Crippen MR) is 92.7 cm³/mol. The molecular formula is C22H28F6O. The molecule has 8 saturated carbocycles. The van der Waals surface area contributed by atoms with Crippen molar-refractivity contribution < 1.29 is 31.4 Å². The molecule has 2 atom stereocenters. The summed E-state index contributed by atoms with van der Waals surface area (Å²) in [5.41, 5.74) is -8.10. The van der Waals surface area contributed by atoms with Crippen LogP contribution in [0.3, 0.4) is 0 Å². The molecule has 0 heterocycles. The van der Waals surface area contributed by atoms with Crippen molar-refractivity contribution >= 4 is 0 Å². The first kappa shape index (κ1) is 19.2. The Kier molecular flexibility index (Phi) is 3.29. The standard InChI is InChI=1S/C22H28F6O/c23-21(24,25)18-7-17(16-4-13-1-14(5-16)3-15(2-13)6-16)8-19(9-18,22(26,27)28)12-20(29,10-17)11-18/h13-15,29H,1-12H2. The molecule has 8 aliphatic rings. The number of halogens is 6. The summed E-state index contributed by atoms with van der Waals surface area (Å²) in [5.74, 6) is 1.35. The summed E-state index contributed by atoms with van der Waals surface area (Å²) in [6.07, 6.45) is -6.07. The average Bonchev–Trinajstić information content (AvgIpc) is 2.49. The van der Waals surface area contributed by atoms with Gasteiger partial charge in [0.15, 0.2) is 0 Å². The quantitative estimate of drug-likeness (QED) is 0.485. The minimum atomic E-state index is -4.72. The Balaban J connectivity index is 1.54. The van der Waals surface area contributed by atoms with Crippen LogP contribution in [0.4, 0.5) is 26.3 Å². The van der Waals surface area contributed by atoms with E-state index < -0.39 is 58.9 Å². The van der Waals surface area contributed by atoms with Crippen molar-refractivity contribution in [3.05, 3.63) is 0 Å². The Hall–Kier alpha value is -0.460. The fraction of sp³-hybridized carbons (Fsp3) is 1.00. The van der Waals surface area contributed by atoms with Crippen LogP contribution in [0.1, 0.15) is 77.0 Å². The van der Waals surface area contributed by atoms with Crippen molar-refractivity contribution in [1.82, 2.24) is 0 Å². The maximum Gasteiger partial charge on any atom is 0.394 e. The van der Waals surface area contributed by atoms with Gasteiger partial charge in [-0.3, -0.25) is 0 Å². The summed E-state index contributed by atoms with van der Waals surface area (Å²) in [5, 5.41) is 11.2. The fourth-order valence-corrected chi connectivity index (χ4v) is 10.5. The molecule has 2 unspecified atom stereocenters. The lowest BCUT2D eigenvalue weighted by Crippen LogP contribution is -2.74. The van der Waals surface area contributed by atoms with Crippen molar-refractivity contribution in [3.8, 4) is 0 Å². The number of hydrogen-bond acceptors (Lipinski definition) is 1. The van der Waals surface area contributed by atoms with Gasteiger partial charge in [-0.1, -0.05) is 0 Å². The van der Waals surface area contributed by atoms with Crippen LogP contribution in [-0.2, 0) is 0 Å². The lowest BCUT2D eigenvalue weighted by atomic mass is 9.29. The Morgan fingerprint density at radius 1 is 0.552 bits per heavy atom. The Morgan fingerprint density at radius 2 is 0.966 bits per heavy atom. The molecule has 8 rings (SSSR count). The third kappa shape index (κ3) is 2.24. The lowest BCUT2D eigenvalue weighted by Gasteiger charge is -2.75. The van der Waals surface area contributed by atoms with Crippen LogP contribution in [0.25, 0.3) is 0 Å². The molecule has 8 fully saturated rings. The zero-order valence-electron chi connectivity index (χ0n) is 16.4. The molecule has 164 valence electrons. The largest absolute Gasteiger partial charge is 0.394 e. The molecule has 0 aromatic carbocycles. The van der Waals surface area contributed by atoms with Gasteiger partial charge in [-0.05, 0) is 106 Å². The Labute approximate surface area is 166 Å². The van der Waals surface area contributed by atoms with Crippen molar-refractivity contribution in [3.63, 3.8) is 0 Å². The van der Waals surface area contributed by atoms with Gasteiger partial charge in [0.05, 0.1) is 16.4 Å². The maximum absolute atomic E-state index is 14.4. The van der Waals surface area contributed by atoms with Crippen molar-refractivity contribution in [2.75, 3.05) is 0 Å². The summed E-state index contributed by atoms with van der Waals surface area (Å²) >= 11 is 0. The second-order valence-electron chi connectivity index (χ2n) is 12.3. The molecule has 0 aromatic rings. The van der Waals surface area contributed by atoms with E-state index in [4.69, 9.17) is 0 Å². The smallest absolute Gasteiger partial charge is 0.390 e. The predicted octanol–water partition coefficient (Wildman–Crippen LogP) is 6.40. The molecule has 1 N–H and O–H groups in total. The van der Waals surface area contributed by atoms with E-state index in [1.54, 1.807) is 0 Å². The molecular weight excluding hydrogens is 394 g/mol. The van der Waals surface area contributed by atoms with E-state index in [9.17, 15) is 31.4 Å². The third-order valence-electron chi connectivity index (χ3n) is 10.4. The second kappa shape index (κ2) is 4.96. The molecule has 0 aliphatic heterocycles. The normalized spacial score (nSPS) is 58.2. The third-order valence-corrected chi connectivity index (χ3v) is 10.4. The van der Waals surface area contributed by atoms with Gasteiger partial charge in [0.25, 0.3) is 0 Å². The van der Waals surface area contributed by atoms with E-state index in [1.165, 1.54) is 0 Å². The van der Waals surface area contributed by atoms with Crippen molar-refractivity contribution in [1.29, 1.82) is 0 Å². The van der Waals surface area contributed by atoms with Gasteiger partial charge in [0, 0.05) is 0 Å². The zero-order chi connectivity index (χ0) is 20.7. The second-order valence-corrected chi connectivity index (χ2v) is 12.3. The fourth-order valence-electron chi connectivity index (χ4n) is 10.5. The maximum atomic E-state index is 14.4. The molecule has 0 amide bonds. The Bertz CT molecular complexity index is 686. The average molecular weight is 422 g/mol. The van der Waals surface area contributed by atoms with E-state index in [1.807, 2.05) is 0 Å². The highest BCUT2D eigenvalue weighted by Gasteiger charge is 2.82. The van der Waals surface area contributed by atoms with E-state index in [0.717, 1.165) is 38.5 Å².